The van der Waals surface area contributed by atoms with Crippen LogP contribution in [0.4, 0.5) is 0 Å². The van der Waals surface area contributed by atoms with Crippen LogP contribution in [0.25, 0.3) is 0 Å². The molecule has 1 fully saturated rings. The molecule has 1 aliphatic heterocycles. The molecule has 1 saturated heterocycles. The zero-order valence-corrected chi connectivity index (χ0v) is 14.0. The summed E-state index contributed by atoms with van der Waals surface area (Å²) >= 11 is 1.72. The molecule has 3 rings (SSSR count). The Morgan fingerprint density at radius 2 is 2.23 bits per heavy atom. The summed E-state index contributed by atoms with van der Waals surface area (Å²) in [6.07, 6.45) is 2.78. The molecule has 2 aromatic heterocycles. The van der Waals surface area contributed by atoms with E-state index >= 15 is 0 Å². The lowest BCUT2D eigenvalue weighted by atomic mass is 10.0. The summed E-state index contributed by atoms with van der Waals surface area (Å²) in [6, 6.07) is 2.01. The van der Waals surface area contributed by atoms with Crippen molar-refractivity contribution in [2.45, 2.75) is 26.8 Å². The predicted octanol–water partition coefficient (Wildman–Crippen LogP) is 2.24. The van der Waals surface area contributed by atoms with Crippen LogP contribution in [0.1, 0.15) is 22.2 Å². The second kappa shape index (κ2) is 7.26. The molecule has 0 saturated carbocycles. The second-order valence-corrected chi connectivity index (χ2v) is 6.90. The Morgan fingerprint density at radius 1 is 1.32 bits per heavy atom. The van der Waals surface area contributed by atoms with Gasteiger partial charge in [0.2, 0.25) is 0 Å². The molecule has 118 valence electrons. The first-order chi connectivity index (χ1) is 10.7. The Kier molecular flexibility index (Phi) is 5.12. The van der Waals surface area contributed by atoms with Crippen LogP contribution in [0, 0.1) is 19.8 Å². The maximum atomic E-state index is 5.78. The van der Waals surface area contributed by atoms with E-state index < -0.39 is 0 Å². The Bertz CT molecular complexity index is 616. The molecule has 1 atom stereocenters. The lowest BCUT2D eigenvalue weighted by molar-refractivity contribution is 0.121. The lowest BCUT2D eigenvalue weighted by Crippen LogP contribution is -2.30. The number of hydrogen-bond acceptors (Lipinski definition) is 6. The zero-order chi connectivity index (χ0) is 15.4. The Morgan fingerprint density at radius 3 is 3.00 bits per heavy atom. The van der Waals surface area contributed by atoms with Crippen molar-refractivity contribution in [1.82, 2.24) is 19.9 Å². The van der Waals surface area contributed by atoms with E-state index in [9.17, 15) is 0 Å². The van der Waals surface area contributed by atoms with Gasteiger partial charge in [-0.15, -0.1) is 11.3 Å². The smallest absolute Gasteiger partial charge is 0.125 e. The van der Waals surface area contributed by atoms with E-state index in [1.165, 1.54) is 5.69 Å². The number of hydrogen-bond donors (Lipinski definition) is 0. The van der Waals surface area contributed by atoms with Crippen molar-refractivity contribution < 1.29 is 4.74 Å². The van der Waals surface area contributed by atoms with Gasteiger partial charge in [-0.2, -0.15) is 0 Å². The van der Waals surface area contributed by atoms with Gasteiger partial charge >= 0.3 is 0 Å². The Balaban J connectivity index is 1.62. The highest BCUT2D eigenvalue weighted by Gasteiger charge is 2.20. The van der Waals surface area contributed by atoms with Gasteiger partial charge in [-0.05, 0) is 26.3 Å². The van der Waals surface area contributed by atoms with Crippen LogP contribution in [0.15, 0.2) is 17.6 Å². The highest BCUT2D eigenvalue weighted by molar-refractivity contribution is 7.09. The molecule has 5 nitrogen and oxygen atoms in total. The zero-order valence-electron chi connectivity index (χ0n) is 13.2. The highest BCUT2D eigenvalue weighted by atomic mass is 32.1. The summed E-state index contributed by atoms with van der Waals surface area (Å²) in [5.41, 5.74) is 2.27. The van der Waals surface area contributed by atoms with Crippen molar-refractivity contribution in [2.24, 2.45) is 5.92 Å². The Labute approximate surface area is 135 Å². The molecular weight excluding hydrogens is 296 g/mol. The van der Waals surface area contributed by atoms with Gasteiger partial charge in [0.1, 0.15) is 5.82 Å². The van der Waals surface area contributed by atoms with Crippen molar-refractivity contribution in [3.05, 3.63) is 39.9 Å². The summed E-state index contributed by atoms with van der Waals surface area (Å²) in [6.45, 7) is 8.49. The maximum Gasteiger partial charge on any atom is 0.125 e. The average molecular weight is 318 g/mol. The summed E-state index contributed by atoms with van der Waals surface area (Å²) < 4.78 is 5.78. The number of aromatic nitrogens is 3. The molecule has 0 unspecified atom stereocenters. The van der Waals surface area contributed by atoms with Gasteiger partial charge in [0.15, 0.2) is 0 Å². The minimum atomic E-state index is 0.469. The van der Waals surface area contributed by atoms with Gasteiger partial charge in [0, 0.05) is 42.8 Å². The lowest BCUT2D eigenvalue weighted by Gasteiger charge is -2.22. The largest absolute Gasteiger partial charge is 0.380 e. The minimum Gasteiger partial charge on any atom is -0.380 e. The van der Waals surface area contributed by atoms with Crippen LogP contribution in [0.3, 0.4) is 0 Å². The average Bonchev–Trinajstić information content (AvgIpc) is 2.75. The third kappa shape index (κ3) is 4.32. The standard InChI is InChI=1S/C16H22N4OS/c1-12-17-4-3-15(18-12)7-14-8-20(5-6-21-10-14)9-16-11-22-13(2)19-16/h3-4,11,14H,5-10H2,1-2H3/t14-/m1/s1. The van der Waals surface area contributed by atoms with Gasteiger partial charge < -0.3 is 4.74 Å². The van der Waals surface area contributed by atoms with Gasteiger partial charge in [-0.1, -0.05) is 0 Å². The van der Waals surface area contributed by atoms with Crippen molar-refractivity contribution in [3.8, 4) is 0 Å². The van der Waals surface area contributed by atoms with E-state index in [1.807, 2.05) is 19.2 Å². The van der Waals surface area contributed by atoms with E-state index in [0.717, 1.165) is 55.8 Å². The van der Waals surface area contributed by atoms with Crippen LogP contribution in [-0.2, 0) is 17.7 Å². The Hall–Kier alpha value is -1.37. The van der Waals surface area contributed by atoms with Crippen LogP contribution in [0.2, 0.25) is 0 Å². The van der Waals surface area contributed by atoms with Crippen molar-refractivity contribution >= 4 is 11.3 Å². The van der Waals surface area contributed by atoms with E-state index in [2.05, 4.69) is 32.2 Å². The number of thiazole rings is 1. The van der Waals surface area contributed by atoms with Crippen LogP contribution in [0.5, 0.6) is 0 Å². The summed E-state index contributed by atoms with van der Waals surface area (Å²) in [5, 5.41) is 3.29. The first kappa shape index (κ1) is 15.5. The molecule has 0 aromatic carbocycles. The van der Waals surface area contributed by atoms with Crippen LogP contribution < -0.4 is 0 Å². The molecule has 0 radical (unpaired) electrons. The quantitative estimate of drug-likeness (QED) is 0.865. The summed E-state index contributed by atoms with van der Waals surface area (Å²) in [4.78, 5) is 15.7. The normalized spacial score (nSPS) is 20.0. The third-order valence-electron chi connectivity index (χ3n) is 3.81. The molecule has 1 aliphatic rings. The van der Waals surface area contributed by atoms with E-state index in [-0.39, 0.29) is 0 Å². The fourth-order valence-electron chi connectivity index (χ4n) is 2.84. The maximum absolute atomic E-state index is 5.78. The molecule has 3 heterocycles. The molecule has 0 N–H and O–H groups in total. The molecule has 0 amide bonds. The van der Waals surface area contributed by atoms with Crippen LogP contribution in [-0.4, -0.2) is 46.2 Å². The van der Waals surface area contributed by atoms with E-state index in [4.69, 9.17) is 4.74 Å². The van der Waals surface area contributed by atoms with Crippen molar-refractivity contribution in [3.63, 3.8) is 0 Å². The van der Waals surface area contributed by atoms with Gasteiger partial charge in [-0.3, -0.25) is 4.90 Å². The third-order valence-corrected chi connectivity index (χ3v) is 4.63. The fourth-order valence-corrected chi connectivity index (χ4v) is 3.45. The number of nitrogens with zero attached hydrogens (tertiary/aromatic N) is 4. The second-order valence-electron chi connectivity index (χ2n) is 5.83. The topological polar surface area (TPSA) is 51.1 Å². The highest BCUT2D eigenvalue weighted by Crippen LogP contribution is 2.16. The summed E-state index contributed by atoms with van der Waals surface area (Å²) in [7, 11) is 0. The van der Waals surface area contributed by atoms with Crippen molar-refractivity contribution in [2.75, 3.05) is 26.3 Å². The number of ether oxygens (including phenoxy) is 1. The SMILES string of the molecule is Cc1nccc(C[C@H]2COCCN(Cc3csc(C)n3)C2)n1. The van der Waals surface area contributed by atoms with Crippen LogP contribution >= 0.6 is 11.3 Å². The molecule has 0 aliphatic carbocycles. The van der Waals surface area contributed by atoms with Gasteiger partial charge in [0.05, 0.1) is 23.9 Å². The first-order valence-electron chi connectivity index (χ1n) is 7.68. The minimum absolute atomic E-state index is 0.469. The fraction of sp³-hybridized carbons (Fsp3) is 0.562. The van der Waals surface area contributed by atoms with E-state index in [1.54, 1.807) is 11.3 Å². The monoisotopic (exact) mass is 318 g/mol. The van der Waals surface area contributed by atoms with E-state index in [0.29, 0.717) is 5.92 Å². The van der Waals surface area contributed by atoms with Gasteiger partial charge in [-0.25, -0.2) is 15.0 Å². The number of aryl methyl sites for hydroxylation is 2. The first-order valence-corrected chi connectivity index (χ1v) is 8.56. The number of rotatable bonds is 4. The van der Waals surface area contributed by atoms with Gasteiger partial charge in [0.25, 0.3) is 0 Å². The summed E-state index contributed by atoms with van der Waals surface area (Å²) in [5.74, 6) is 1.30. The molecular formula is C16H22N4OS. The molecule has 6 heteroatoms. The predicted molar refractivity (Wildman–Crippen MR) is 86.9 cm³/mol. The molecule has 0 bridgehead atoms. The molecule has 0 spiro atoms. The van der Waals surface area contributed by atoms with Crippen molar-refractivity contribution in [1.29, 1.82) is 0 Å². The molecule has 2 aromatic rings. The molecule has 22 heavy (non-hydrogen) atoms.